The fraction of sp³-hybridized carbons (Fsp3) is 0.519. The molecule has 9 heteroatoms. The topological polar surface area (TPSA) is 81.5 Å². The molecule has 2 saturated heterocycles. The van der Waals surface area contributed by atoms with Crippen LogP contribution in [-0.4, -0.2) is 59.5 Å². The second-order valence-corrected chi connectivity index (χ2v) is 9.79. The van der Waals surface area contributed by atoms with Crippen LogP contribution in [0.25, 0.3) is 10.9 Å². The molecule has 1 atom stereocenters. The first-order chi connectivity index (χ1) is 17.6. The predicted octanol–water partition coefficient (Wildman–Crippen LogP) is 3.84. The number of carbonyl (C=O) groups excluding carboxylic acids is 1. The van der Waals surface area contributed by atoms with Crippen molar-refractivity contribution in [3.63, 3.8) is 0 Å². The van der Waals surface area contributed by atoms with E-state index in [1.165, 1.54) is 6.07 Å². The van der Waals surface area contributed by atoms with Crippen LogP contribution in [-0.2, 0) is 23.1 Å². The van der Waals surface area contributed by atoms with Gasteiger partial charge in [-0.2, -0.15) is 0 Å². The van der Waals surface area contributed by atoms with Crippen LogP contribution >= 0.6 is 0 Å². The number of ketones is 1. The minimum absolute atomic E-state index is 0.0144. The number of anilines is 1. The first-order valence-electron chi connectivity index (χ1n) is 12.8. The van der Waals surface area contributed by atoms with E-state index < -0.39 is 0 Å². The smallest absolute Gasteiger partial charge is 0.225 e. The summed E-state index contributed by atoms with van der Waals surface area (Å²) in [5, 5.41) is 4.53. The number of halogens is 1. The summed E-state index contributed by atoms with van der Waals surface area (Å²) >= 11 is 0. The lowest BCUT2D eigenvalue weighted by Crippen LogP contribution is -2.38. The average Bonchev–Trinajstić information content (AvgIpc) is 3.22. The lowest BCUT2D eigenvalue weighted by atomic mass is 9.97. The Kier molecular flexibility index (Phi) is 7.89. The second kappa shape index (κ2) is 11.5. The Balaban J connectivity index is 1.06. The third-order valence-electron chi connectivity index (χ3n) is 7.18. The van der Waals surface area contributed by atoms with Crippen molar-refractivity contribution in [1.82, 2.24) is 19.9 Å². The Morgan fingerprint density at radius 1 is 1.19 bits per heavy atom. The molecule has 2 aromatic heterocycles. The van der Waals surface area contributed by atoms with Gasteiger partial charge in [-0.25, -0.2) is 14.4 Å². The number of nitrogens with one attached hydrogen (secondary N) is 1. The number of hydrogen-bond acceptors (Lipinski definition) is 7. The van der Waals surface area contributed by atoms with Crippen LogP contribution in [0.5, 0.6) is 0 Å². The Labute approximate surface area is 210 Å². The number of fused-ring (bicyclic) bond motifs is 1. The average molecular weight is 496 g/mol. The molecule has 4 heterocycles. The summed E-state index contributed by atoms with van der Waals surface area (Å²) in [4.78, 5) is 23.5. The maximum atomic E-state index is 13.7. The lowest BCUT2D eigenvalue weighted by Gasteiger charge is -2.32. The molecule has 1 unspecified atom stereocenters. The number of carbonyl (C=O) groups is 1. The van der Waals surface area contributed by atoms with Crippen molar-refractivity contribution < 1.29 is 18.7 Å². The van der Waals surface area contributed by atoms with Crippen molar-refractivity contribution in [2.45, 2.75) is 44.9 Å². The van der Waals surface area contributed by atoms with Gasteiger partial charge in [-0.15, -0.1) is 0 Å². The third kappa shape index (κ3) is 5.91. The molecule has 1 N–H and O–H groups in total. The zero-order valence-electron chi connectivity index (χ0n) is 20.8. The van der Waals surface area contributed by atoms with Gasteiger partial charge in [-0.05, 0) is 68.3 Å². The maximum Gasteiger partial charge on any atom is 0.225 e. The third-order valence-corrected chi connectivity index (χ3v) is 7.18. The van der Waals surface area contributed by atoms with Gasteiger partial charge in [-0.3, -0.25) is 4.79 Å². The van der Waals surface area contributed by atoms with Crippen LogP contribution in [0.4, 0.5) is 10.3 Å². The highest BCUT2D eigenvalue weighted by atomic mass is 19.1. The molecule has 36 heavy (non-hydrogen) atoms. The van der Waals surface area contributed by atoms with Gasteiger partial charge in [0.2, 0.25) is 5.95 Å². The molecule has 2 fully saturated rings. The fourth-order valence-corrected chi connectivity index (χ4v) is 5.06. The molecule has 3 aromatic rings. The minimum atomic E-state index is -0.284. The second-order valence-electron chi connectivity index (χ2n) is 9.79. The Bertz CT molecular complexity index is 1170. The summed E-state index contributed by atoms with van der Waals surface area (Å²) in [6.45, 7) is 4.06. The molecular weight excluding hydrogens is 461 g/mol. The molecule has 0 aliphatic carbocycles. The molecule has 2 aliphatic rings. The molecule has 0 bridgehead atoms. The molecule has 8 nitrogen and oxygen atoms in total. The fourth-order valence-electron chi connectivity index (χ4n) is 5.06. The van der Waals surface area contributed by atoms with Gasteiger partial charge >= 0.3 is 0 Å². The number of nitrogens with zero attached hydrogens (tertiary/aromatic N) is 4. The standard InChI is InChI=1S/C27H34FN5O3/c1-32-17-21(23-12-22(28)5-6-24(23)32)14-29-13-19-7-9-33(10-8-19)27-30-15-20(16-31-27)25(34)18-36-26-4-2-3-11-35-26/h5-6,12,15-17,19,26,29H,2-4,7-11,13-14,18H2,1H3. The van der Waals surface area contributed by atoms with Crippen LogP contribution in [0.1, 0.15) is 48.0 Å². The predicted molar refractivity (Wildman–Crippen MR) is 135 cm³/mol. The first-order valence-corrected chi connectivity index (χ1v) is 12.8. The van der Waals surface area contributed by atoms with Crippen molar-refractivity contribution in [1.29, 1.82) is 0 Å². The van der Waals surface area contributed by atoms with Crippen LogP contribution in [0, 0.1) is 11.7 Å². The zero-order valence-corrected chi connectivity index (χ0v) is 20.8. The molecule has 0 saturated carbocycles. The van der Waals surface area contributed by atoms with E-state index in [4.69, 9.17) is 9.47 Å². The summed E-state index contributed by atoms with van der Waals surface area (Å²) in [5.41, 5.74) is 2.62. The van der Waals surface area contributed by atoms with Crippen LogP contribution < -0.4 is 10.2 Å². The summed E-state index contributed by atoms with van der Waals surface area (Å²) in [6, 6.07) is 4.95. The number of Topliss-reactive ketones (excluding diaryl/α,β-unsaturated/α-hetero) is 1. The van der Waals surface area contributed by atoms with Gasteiger partial charge in [0.15, 0.2) is 12.1 Å². The monoisotopic (exact) mass is 495 g/mol. The van der Waals surface area contributed by atoms with Crippen molar-refractivity contribution in [3.05, 3.63) is 53.7 Å². The van der Waals surface area contributed by atoms with Crippen molar-refractivity contribution in [2.75, 3.05) is 37.7 Å². The van der Waals surface area contributed by atoms with E-state index in [2.05, 4.69) is 26.4 Å². The van der Waals surface area contributed by atoms with Gasteiger partial charge in [0, 0.05) is 62.8 Å². The number of piperidine rings is 1. The minimum Gasteiger partial charge on any atom is -0.353 e. The molecule has 0 amide bonds. The van der Waals surface area contributed by atoms with Crippen molar-refractivity contribution >= 4 is 22.6 Å². The molecule has 1 aromatic carbocycles. The van der Waals surface area contributed by atoms with E-state index in [0.29, 0.717) is 24.0 Å². The van der Waals surface area contributed by atoms with E-state index in [-0.39, 0.29) is 24.5 Å². The lowest BCUT2D eigenvalue weighted by molar-refractivity contribution is -0.155. The summed E-state index contributed by atoms with van der Waals surface area (Å²) in [7, 11) is 1.99. The van der Waals surface area contributed by atoms with E-state index in [1.807, 2.05) is 17.7 Å². The molecule has 0 radical (unpaired) electrons. The molecule has 192 valence electrons. The number of rotatable bonds is 9. The van der Waals surface area contributed by atoms with Gasteiger partial charge in [0.05, 0.1) is 5.56 Å². The van der Waals surface area contributed by atoms with Gasteiger partial charge in [0.1, 0.15) is 12.4 Å². The first kappa shape index (κ1) is 24.8. The van der Waals surface area contributed by atoms with Crippen LogP contribution in [0.15, 0.2) is 36.8 Å². The largest absolute Gasteiger partial charge is 0.353 e. The molecular formula is C27H34FN5O3. The summed E-state index contributed by atoms with van der Waals surface area (Å²) in [6.07, 6.45) is 9.99. The van der Waals surface area contributed by atoms with Gasteiger partial charge in [-0.1, -0.05) is 0 Å². The van der Waals surface area contributed by atoms with Crippen LogP contribution in [0.2, 0.25) is 0 Å². The van der Waals surface area contributed by atoms with E-state index >= 15 is 0 Å². The van der Waals surface area contributed by atoms with Crippen molar-refractivity contribution in [3.8, 4) is 0 Å². The Morgan fingerprint density at radius 2 is 2.00 bits per heavy atom. The SMILES string of the molecule is Cn1cc(CNCC2CCN(c3ncc(C(=O)COC4CCCCO4)cn3)CC2)c2cc(F)ccc21. The molecule has 0 spiro atoms. The van der Waals surface area contributed by atoms with Gasteiger partial charge < -0.3 is 24.3 Å². The van der Waals surface area contributed by atoms with Crippen molar-refractivity contribution in [2.24, 2.45) is 13.0 Å². The van der Waals surface area contributed by atoms with Gasteiger partial charge in [0.25, 0.3) is 0 Å². The highest BCUT2D eigenvalue weighted by Gasteiger charge is 2.22. The quantitative estimate of drug-likeness (QED) is 0.452. The molecule has 5 rings (SSSR count). The number of ether oxygens (including phenoxy) is 2. The van der Waals surface area contributed by atoms with E-state index in [1.54, 1.807) is 18.5 Å². The van der Waals surface area contributed by atoms with E-state index in [0.717, 1.165) is 74.7 Å². The number of aryl methyl sites for hydroxylation is 1. The molecule has 2 aliphatic heterocycles. The van der Waals surface area contributed by atoms with Crippen LogP contribution in [0.3, 0.4) is 0 Å². The Morgan fingerprint density at radius 3 is 2.75 bits per heavy atom. The zero-order chi connectivity index (χ0) is 24.9. The Hall–Kier alpha value is -2.88. The number of aromatic nitrogens is 3. The van der Waals surface area contributed by atoms with E-state index in [9.17, 15) is 9.18 Å². The maximum absolute atomic E-state index is 13.7. The summed E-state index contributed by atoms with van der Waals surface area (Å²) < 4.78 is 26.8. The normalized spacial score (nSPS) is 19.2. The number of benzene rings is 1. The summed E-state index contributed by atoms with van der Waals surface area (Å²) in [5.74, 6) is 0.888. The highest BCUT2D eigenvalue weighted by molar-refractivity contribution is 5.96. The highest BCUT2D eigenvalue weighted by Crippen LogP contribution is 2.23. The number of hydrogen-bond donors (Lipinski definition) is 1.